The van der Waals surface area contributed by atoms with Crippen LogP contribution < -0.4 is 5.01 Å². The van der Waals surface area contributed by atoms with E-state index in [1.165, 1.54) is 33.5 Å². The molecule has 0 aliphatic carbocycles. The molecule has 1 aromatic carbocycles. The van der Waals surface area contributed by atoms with Crippen LogP contribution in [0.2, 0.25) is 0 Å². The molecule has 2 amide bonds. The Hall–Kier alpha value is -1.40. The van der Waals surface area contributed by atoms with Gasteiger partial charge in [-0.3, -0.25) is 9.59 Å². The highest BCUT2D eigenvalue weighted by atomic mass is 32.2. The van der Waals surface area contributed by atoms with Gasteiger partial charge in [0.15, 0.2) is 0 Å². The van der Waals surface area contributed by atoms with Crippen LogP contribution in [-0.2, 0) is 9.59 Å². The molecule has 100 valence electrons. The van der Waals surface area contributed by atoms with Crippen molar-refractivity contribution in [2.24, 2.45) is 0 Å². The molecule has 0 atom stereocenters. The third-order valence-corrected chi connectivity index (χ3v) is 4.94. The number of hydrogen-bond acceptors (Lipinski definition) is 4. The van der Waals surface area contributed by atoms with E-state index in [2.05, 4.69) is 0 Å². The van der Waals surface area contributed by atoms with E-state index in [1.807, 2.05) is 42.8 Å². The molecule has 1 fully saturated rings. The lowest BCUT2D eigenvalue weighted by atomic mass is 10.2. The lowest BCUT2D eigenvalue weighted by molar-refractivity contribution is -0.124. The van der Waals surface area contributed by atoms with Crippen molar-refractivity contribution in [3.8, 4) is 0 Å². The first-order chi connectivity index (χ1) is 9.11. The smallest absolute Gasteiger partial charge is 0.267 e. The number of likely N-dealkylation sites (N-methyl/N-ethyl adjacent to an activating group) is 1. The van der Waals surface area contributed by atoms with E-state index in [9.17, 15) is 9.59 Å². The fourth-order valence-electron chi connectivity index (χ4n) is 1.91. The van der Waals surface area contributed by atoms with Gasteiger partial charge in [0.25, 0.3) is 11.8 Å². The van der Waals surface area contributed by atoms with Gasteiger partial charge >= 0.3 is 0 Å². The minimum atomic E-state index is -0.266. The van der Waals surface area contributed by atoms with E-state index < -0.39 is 0 Å². The molecule has 1 saturated heterocycles. The Labute approximate surface area is 120 Å². The number of hydrazine groups is 1. The van der Waals surface area contributed by atoms with Crippen molar-refractivity contribution in [2.45, 2.75) is 0 Å². The van der Waals surface area contributed by atoms with Crippen molar-refractivity contribution in [1.29, 1.82) is 0 Å². The van der Waals surface area contributed by atoms with Gasteiger partial charge in [-0.1, -0.05) is 18.2 Å². The van der Waals surface area contributed by atoms with Crippen LogP contribution in [0.1, 0.15) is 0 Å². The van der Waals surface area contributed by atoms with Gasteiger partial charge in [0.05, 0.1) is 9.92 Å². The average molecular weight is 294 g/mol. The normalized spacial score (nSPS) is 15.4. The molecule has 0 unspecified atom stereocenters. The molecule has 1 aromatic rings. The maximum absolute atomic E-state index is 12.5. The first-order valence-electron chi connectivity index (χ1n) is 5.61. The van der Waals surface area contributed by atoms with Gasteiger partial charge in [0.2, 0.25) is 0 Å². The Bertz CT molecular complexity index is 537. The molecule has 0 N–H and O–H groups in total. The second kappa shape index (κ2) is 5.71. The Morgan fingerprint density at radius 3 is 2.11 bits per heavy atom. The van der Waals surface area contributed by atoms with Crippen molar-refractivity contribution in [1.82, 2.24) is 5.01 Å². The monoisotopic (exact) mass is 294 g/mol. The summed E-state index contributed by atoms with van der Waals surface area (Å²) >= 11 is 2.84. The number of carbonyl (C=O) groups excluding carboxylic acids is 2. The van der Waals surface area contributed by atoms with Crippen molar-refractivity contribution in [3.63, 3.8) is 0 Å². The molecule has 0 spiro atoms. The fraction of sp³-hybridized carbons (Fsp3) is 0.231. The van der Waals surface area contributed by atoms with Crippen LogP contribution in [0.5, 0.6) is 0 Å². The summed E-state index contributed by atoms with van der Waals surface area (Å²) in [5.74, 6) is -0.523. The van der Waals surface area contributed by atoms with E-state index in [1.54, 1.807) is 7.05 Å². The molecule has 2 rings (SSSR count). The Kier molecular flexibility index (Phi) is 4.21. The Morgan fingerprint density at radius 2 is 1.58 bits per heavy atom. The molecule has 6 heteroatoms. The highest BCUT2D eigenvalue weighted by Crippen LogP contribution is 2.34. The van der Waals surface area contributed by atoms with E-state index in [0.29, 0.717) is 5.69 Å². The zero-order valence-corrected chi connectivity index (χ0v) is 12.5. The lowest BCUT2D eigenvalue weighted by Crippen LogP contribution is -2.37. The van der Waals surface area contributed by atoms with Crippen LogP contribution in [0.4, 0.5) is 5.69 Å². The standard InChI is InChI=1S/C13H14N2O2S2/c1-14-11(16)10(13(18-2)19-3)12(17)15(14)9-7-5-4-6-8-9/h4-8H,1-3H3. The molecule has 0 aromatic heterocycles. The number of para-hydroxylation sites is 1. The zero-order chi connectivity index (χ0) is 14.0. The molecule has 1 heterocycles. The lowest BCUT2D eigenvalue weighted by Gasteiger charge is -2.22. The van der Waals surface area contributed by atoms with Gasteiger partial charge in [-0.05, 0) is 24.6 Å². The first-order valence-corrected chi connectivity index (χ1v) is 8.06. The second-order valence-electron chi connectivity index (χ2n) is 3.85. The summed E-state index contributed by atoms with van der Waals surface area (Å²) in [6.07, 6.45) is 3.73. The second-order valence-corrected chi connectivity index (χ2v) is 5.74. The number of amides is 2. The number of hydrogen-bond donors (Lipinski definition) is 0. The van der Waals surface area contributed by atoms with Crippen LogP contribution in [0, 0.1) is 0 Å². The van der Waals surface area contributed by atoms with E-state index >= 15 is 0 Å². The summed E-state index contributed by atoms with van der Waals surface area (Å²) in [7, 11) is 1.61. The molecule has 0 saturated carbocycles. The zero-order valence-electron chi connectivity index (χ0n) is 10.9. The Balaban J connectivity index is 2.49. The summed E-state index contributed by atoms with van der Waals surface area (Å²) in [5.41, 5.74) is 0.950. The minimum absolute atomic E-state index is 0.256. The largest absolute Gasteiger partial charge is 0.284 e. The quantitative estimate of drug-likeness (QED) is 0.634. The molecule has 1 aliphatic rings. The third-order valence-electron chi connectivity index (χ3n) is 2.79. The summed E-state index contributed by atoms with van der Waals surface area (Å²) in [4.78, 5) is 24.7. The van der Waals surface area contributed by atoms with Gasteiger partial charge in [-0.2, -0.15) is 0 Å². The van der Waals surface area contributed by atoms with Gasteiger partial charge < -0.3 is 0 Å². The summed E-state index contributed by atoms with van der Waals surface area (Å²) < 4.78 is 0.750. The van der Waals surface area contributed by atoms with Gasteiger partial charge in [0, 0.05) is 7.05 Å². The number of nitrogens with zero attached hydrogens (tertiary/aromatic N) is 2. The first kappa shape index (κ1) is 14.0. The van der Waals surface area contributed by atoms with Gasteiger partial charge in [0.1, 0.15) is 5.57 Å². The number of anilines is 1. The van der Waals surface area contributed by atoms with Gasteiger partial charge in [-0.25, -0.2) is 10.0 Å². The van der Waals surface area contributed by atoms with Crippen LogP contribution in [0.25, 0.3) is 0 Å². The number of carbonyl (C=O) groups is 2. The molecule has 4 nitrogen and oxygen atoms in total. The molecule has 19 heavy (non-hydrogen) atoms. The van der Waals surface area contributed by atoms with Gasteiger partial charge in [-0.15, -0.1) is 23.5 Å². The van der Waals surface area contributed by atoms with Crippen molar-refractivity contribution in [3.05, 3.63) is 40.1 Å². The van der Waals surface area contributed by atoms with Crippen LogP contribution in [-0.4, -0.2) is 36.4 Å². The molecule has 0 radical (unpaired) electrons. The number of benzene rings is 1. The summed E-state index contributed by atoms with van der Waals surface area (Å²) in [6.45, 7) is 0. The predicted octanol–water partition coefficient (Wildman–Crippen LogP) is 2.34. The van der Waals surface area contributed by atoms with Crippen molar-refractivity contribution < 1.29 is 9.59 Å². The maximum Gasteiger partial charge on any atom is 0.284 e. The molecule has 1 aliphatic heterocycles. The van der Waals surface area contributed by atoms with E-state index in [4.69, 9.17) is 0 Å². The van der Waals surface area contributed by atoms with Crippen molar-refractivity contribution in [2.75, 3.05) is 24.6 Å². The summed E-state index contributed by atoms with van der Waals surface area (Å²) in [6, 6.07) is 9.17. The van der Waals surface area contributed by atoms with E-state index in [-0.39, 0.29) is 17.4 Å². The summed E-state index contributed by atoms with van der Waals surface area (Å²) in [5, 5.41) is 2.77. The Morgan fingerprint density at radius 1 is 1.00 bits per heavy atom. The van der Waals surface area contributed by atoms with E-state index in [0.717, 1.165) is 4.24 Å². The number of rotatable bonds is 3. The fourth-order valence-corrected chi connectivity index (χ4v) is 3.33. The minimum Gasteiger partial charge on any atom is -0.267 e. The van der Waals surface area contributed by atoms with Crippen LogP contribution >= 0.6 is 23.5 Å². The third kappa shape index (κ3) is 2.37. The van der Waals surface area contributed by atoms with Crippen LogP contribution in [0.3, 0.4) is 0 Å². The number of thioether (sulfide) groups is 2. The predicted molar refractivity (Wildman–Crippen MR) is 80.8 cm³/mol. The highest BCUT2D eigenvalue weighted by Gasteiger charge is 2.41. The SMILES string of the molecule is CSC(SC)=C1C(=O)N(C)N(c2ccccc2)C1=O. The topological polar surface area (TPSA) is 40.6 Å². The molecular formula is C13H14N2O2S2. The van der Waals surface area contributed by atoms with Crippen LogP contribution in [0.15, 0.2) is 40.1 Å². The van der Waals surface area contributed by atoms with Crippen molar-refractivity contribution >= 4 is 41.0 Å². The maximum atomic E-state index is 12.5. The highest BCUT2D eigenvalue weighted by molar-refractivity contribution is 8.21. The average Bonchev–Trinajstić information content (AvgIpc) is 2.65. The molecule has 0 bridgehead atoms. The molecular weight excluding hydrogens is 280 g/mol.